The second kappa shape index (κ2) is 6.80. The van der Waals surface area contributed by atoms with Gasteiger partial charge in [0.25, 0.3) is 0 Å². The van der Waals surface area contributed by atoms with Gasteiger partial charge in [0.15, 0.2) is 0 Å². The first kappa shape index (κ1) is 14.2. The van der Waals surface area contributed by atoms with Gasteiger partial charge in [0, 0.05) is 26.1 Å². The summed E-state index contributed by atoms with van der Waals surface area (Å²) in [5.41, 5.74) is 0.893. The van der Waals surface area contributed by atoms with E-state index in [1.54, 1.807) is 0 Å². The molecule has 1 aliphatic rings. The molecule has 19 heavy (non-hydrogen) atoms. The van der Waals surface area contributed by atoms with E-state index in [9.17, 15) is 4.79 Å². The summed E-state index contributed by atoms with van der Waals surface area (Å²) in [6.45, 7) is 4.70. The van der Waals surface area contributed by atoms with Gasteiger partial charge in [0.1, 0.15) is 0 Å². The van der Waals surface area contributed by atoms with E-state index in [4.69, 9.17) is 11.6 Å². The normalized spacial score (nSPS) is 16.4. The Kier molecular flexibility index (Phi) is 5.08. The molecule has 0 saturated carbocycles. The van der Waals surface area contributed by atoms with Crippen LogP contribution in [0.4, 0.5) is 5.69 Å². The Balaban J connectivity index is 1.74. The molecule has 2 rings (SSSR count). The van der Waals surface area contributed by atoms with Crippen LogP contribution < -0.4 is 5.32 Å². The van der Waals surface area contributed by atoms with Gasteiger partial charge >= 0.3 is 0 Å². The van der Waals surface area contributed by atoms with Crippen LogP contribution in [-0.4, -0.2) is 30.4 Å². The maximum Gasteiger partial charge on any atom is 0.224 e. The van der Waals surface area contributed by atoms with E-state index >= 15 is 0 Å². The van der Waals surface area contributed by atoms with Crippen molar-refractivity contribution < 1.29 is 4.79 Å². The molecule has 1 heterocycles. The molecular formula is C15H21ClN2O. The van der Waals surface area contributed by atoms with Gasteiger partial charge < -0.3 is 10.2 Å². The quantitative estimate of drug-likeness (QED) is 0.917. The fourth-order valence-corrected chi connectivity index (χ4v) is 2.53. The number of carbonyl (C=O) groups is 1. The molecule has 0 atom stereocenters. The fraction of sp³-hybridized carbons (Fsp3) is 0.533. The van der Waals surface area contributed by atoms with E-state index in [0.717, 1.165) is 37.5 Å². The van der Waals surface area contributed by atoms with Crippen molar-refractivity contribution in [3.05, 3.63) is 29.3 Å². The number of amides is 1. The Morgan fingerprint density at radius 2 is 2.05 bits per heavy atom. The number of nitrogens with one attached hydrogen (secondary N) is 1. The van der Waals surface area contributed by atoms with Crippen molar-refractivity contribution in [1.29, 1.82) is 0 Å². The number of halogens is 1. The first-order chi connectivity index (χ1) is 9.16. The minimum absolute atomic E-state index is 0.242. The van der Waals surface area contributed by atoms with E-state index in [0.29, 0.717) is 18.0 Å². The largest absolute Gasteiger partial charge is 0.383 e. The van der Waals surface area contributed by atoms with E-state index in [1.165, 1.54) is 0 Å². The number of benzene rings is 1. The van der Waals surface area contributed by atoms with Crippen molar-refractivity contribution in [1.82, 2.24) is 4.90 Å². The van der Waals surface area contributed by atoms with Crippen LogP contribution in [-0.2, 0) is 4.79 Å². The van der Waals surface area contributed by atoms with E-state index in [2.05, 4.69) is 12.2 Å². The van der Waals surface area contributed by atoms with Crippen LogP contribution >= 0.6 is 11.6 Å². The number of piperidine rings is 1. The third-order valence-corrected chi connectivity index (χ3v) is 3.99. The van der Waals surface area contributed by atoms with Gasteiger partial charge in [-0.3, -0.25) is 4.79 Å². The summed E-state index contributed by atoms with van der Waals surface area (Å²) in [5, 5.41) is 3.91. The first-order valence-corrected chi connectivity index (χ1v) is 7.31. The highest BCUT2D eigenvalue weighted by Crippen LogP contribution is 2.20. The minimum atomic E-state index is 0.242. The summed E-state index contributed by atoms with van der Waals surface area (Å²) in [5.74, 6) is 0.997. The van der Waals surface area contributed by atoms with Gasteiger partial charge in [-0.05, 0) is 30.9 Å². The topological polar surface area (TPSA) is 32.3 Å². The van der Waals surface area contributed by atoms with Crippen LogP contribution in [0.25, 0.3) is 0 Å². The van der Waals surface area contributed by atoms with Crippen LogP contribution in [0.2, 0.25) is 5.02 Å². The first-order valence-electron chi connectivity index (χ1n) is 6.93. The number of rotatable bonds is 4. The molecule has 0 unspecified atom stereocenters. The smallest absolute Gasteiger partial charge is 0.224 e. The molecule has 3 nitrogen and oxygen atoms in total. The average Bonchev–Trinajstić information content (AvgIpc) is 2.41. The van der Waals surface area contributed by atoms with Crippen molar-refractivity contribution in [3.8, 4) is 0 Å². The summed E-state index contributed by atoms with van der Waals surface area (Å²) >= 11 is 6.05. The molecule has 1 aromatic carbocycles. The number of likely N-dealkylation sites (tertiary alicyclic amines) is 1. The van der Waals surface area contributed by atoms with Crippen LogP contribution in [0.3, 0.4) is 0 Å². The van der Waals surface area contributed by atoms with Gasteiger partial charge in [-0.25, -0.2) is 0 Å². The zero-order valence-corrected chi connectivity index (χ0v) is 12.1. The molecule has 4 heteroatoms. The van der Waals surface area contributed by atoms with E-state index < -0.39 is 0 Å². The zero-order chi connectivity index (χ0) is 13.7. The fourth-order valence-electron chi connectivity index (χ4n) is 2.32. The maximum absolute atomic E-state index is 12.0. The molecule has 0 radical (unpaired) electrons. The predicted molar refractivity (Wildman–Crippen MR) is 79.5 cm³/mol. The lowest BCUT2D eigenvalue weighted by molar-refractivity contribution is -0.132. The highest BCUT2D eigenvalue weighted by Gasteiger charge is 2.19. The number of anilines is 1. The Hall–Kier alpha value is -1.22. The molecule has 1 aliphatic heterocycles. The molecule has 1 aromatic rings. The predicted octanol–water partition coefficient (Wildman–Crippen LogP) is 3.40. The highest BCUT2D eigenvalue weighted by molar-refractivity contribution is 6.33. The lowest BCUT2D eigenvalue weighted by Crippen LogP contribution is -2.38. The second-order valence-electron chi connectivity index (χ2n) is 5.22. The maximum atomic E-state index is 12.0. The van der Waals surface area contributed by atoms with Gasteiger partial charge in [0.2, 0.25) is 5.91 Å². The number of nitrogens with zero attached hydrogens (tertiary/aromatic N) is 1. The zero-order valence-electron chi connectivity index (χ0n) is 11.4. The molecule has 1 fully saturated rings. The van der Waals surface area contributed by atoms with Crippen LogP contribution in [0, 0.1) is 5.92 Å². The standard InChI is InChI=1S/C15H21ClN2O/c1-12-7-10-18(11-8-12)15(19)6-9-17-14-5-3-2-4-13(14)16/h2-5,12,17H,6-11H2,1H3. The molecule has 1 N–H and O–H groups in total. The summed E-state index contributed by atoms with van der Waals surface area (Å²) in [6, 6.07) is 7.60. The molecule has 0 aromatic heterocycles. The van der Waals surface area contributed by atoms with Crippen molar-refractivity contribution in [2.75, 3.05) is 25.0 Å². The van der Waals surface area contributed by atoms with Crippen molar-refractivity contribution >= 4 is 23.2 Å². The third-order valence-electron chi connectivity index (χ3n) is 3.66. The van der Waals surface area contributed by atoms with Crippen LogP contribution in [0.5, 0.6) is 0 Å². The summed E-state index contributed by atoms with van der Waals surface area (Å²) in [7, 11) is 0. The molecule has 0 spiro atoms. The Labute approximate surface area is 119 Å². The van der Waals surface area contributed by atoms with Crippen molar-refractivity contribution in [3.63, 3.8) is 0 Å². The van der Waals surface area contributed by atoms with Gasteiger partial charge in [-0.2, -0.15) is 0 Å². The molecule has 104 valence electrons. The number of para-hydroxylation sites is 1. The monoisotopic (exact) mass is 280 g/mol. The number of carbonyl (C=O) groups excluding carboxylic acids is 1. The Morgan fingerprint density at radius 1 is 1.37 bits per heavy atom. The number of hydrogen-bond donors (Lipinski definition) is 1. The van der Waals surface area contributed by atoms with Gasteiger partial charge in [0.05, 0.1) is 10.7 Å². The van der Waals surface area contributed by atoms with Gasteiger partial charge in [-0.1, -0.05) is 30.7 Å². The average molecular weight is 281 g/mol. The van der Waals surface area contributed by atoms with Crippen LogP contribution in [0.1, 0.15) is 26.2 Å². The van der Waals surface area contributed by atoms with Gasteiger partial charge in [-0.15, -0.1) is 0 Å². The Morgan fingerprint density at radius 3 is 2.74 bits per heavy atom. The highest BCUT2D eigenvalue weighted by atomic mass is 35.5. The van der Waals surface area contributed by atoms with E-state index in [1.807, 2.05) is 29.2 Å². The lowest BCUT2D eigenvalue weighted by Gasteiger charge is -2.30. The summed E-state index contributed by atoms with van der Waals surface area (Å²) in [6.07, 6.45) is 2.78. The minimum Gasteiger partial charge on any atom is -0.383 e. The SMILES string of the molecule is CC1CCN(C(=O)CCNc2ccccc2Cl)CC1. The lowest BCUT2D eigenvalue weighted by atomic mass is 9.99. The summed E-state index contributed by atoms with van der Waals surface area (Å²) in [4.78, 5) is 14.0. The second-order valence-corrected chi connectivity index (χ2v) is 5.63. The number of hydrogen-bond acceptors (Lipinski definition) is 2. The van der Waals surface area contributed by atoms with Crippen molar-refractivity contribution in [2.45, 2.75) is 26.2 Å². The third kappa shape index (κ3) is 4.13. The van der Waals surface area contributed by atoms with Crippen molar-refractivity contribution in [2.24, 2.45) is 5.92 Å². The molecule has 0 aliphatic carbocycles. The van der Waals surface area contributed by atoms with E-state index in [-0.39, 0.29) is 5.91 Å². The Bertz CT molecular complexity index is 428. The molecule has 1 amide bonds. The molecule has 1 saturated heterocycles. The molecule has 0 bridgehead atoms. The molecular weight excluding hydrogens is 260 g/mol. The van der Waals surface area contributed by atoms with Crippen LogP contribution in [0.15, 0.2) is 24.3 Å². The summed E-state index contributed by atoms with van der Waals surface area (Å²) < 4.78 is 0.